The Morgan fingerprint density at radius 2 is 1.95 bits per heavy atom. The van der Waals surface area contributed by atoms with Crippen molar-refractivity contribution in [2.75, 3.05) is 23.7 Å². The lowest BCUT2D eigenvalue weighted by atomic mass is 9.99. The Morgan fingerprint density at radius 1 is 1.24 bits per heavy atom. The van der Waals surface area contributed by atoms with Crippen LogP contribution in [-0.2, 0) is 4.79 Å². The molecular weight excluding hydrogens is 266 g/mol. The van der Waals surface area contributed by atoms with Gasteiger partial charge >= 0.3 is 0 Å². The van der Waals surface area contributed by atoms with Gasteiger partial charge in [0.05, 0.1) is 11.4 Å². The molecule has 1 aromatic rings. The maximum Gasteiger partial charge on any atom is 0.253 e. The predicted molar refractivity (Wildman–Crippen MR) is 82.5 cm³/mol. The fourth-order valence-electron chi connectivity index (χ4n) is 2.92. The summed E-state index contributed by atoms with van der Waals surface area (Å²) in [5.41, 5.74) is 2.22. The number of rotatable bonds is 2. The first-order valence-electron chi connectivity index (χ1n) is 7.57. The van der Waals surface area contributed by atoms with Crippen LogP contribution in [0.2, 0.25) is 0 Å². The third-order valence-electron chi connectivity index (χ3n) is 4.18. The molecule has 0 bridgehead atoms. The molecule has 2 N–H and O–H groups in total. The van der Waals surface area contributed by atoms with E-state index < -0.39 is 0 Å². The van der Waals surface area contributed by atoms with Gasteiger partial charge in [-0.3, -0.25) is 9.59 Å². The second kappa shape index (κ2) is 5.39. The zero-order valence-corrected chi connectivity index (χ0v) is 12.5. The van der Waals surface area contributed by atoms with E-state index in [0.29, 0.717) is 11.3 Å². The Bertz CT molecular complexity index is 577. The summed E-state index contributed by atoms with van der Waals surface area (Å²) in [6, 6.07) is 5.27. The summed E-state index contributed by atoms with van der Waals surface area (Å²) in [7, 11) is 0. The van der Waals surface area contributed by atoms with Gasteiger partial charge in [-0.2, -0.15) is 0 Å². The molecule has 2 aliphatic heterocycles. The summed E-state index contributed by atoms with van der Waals surface area (Å²) in [6.45, 7) is 5.67. The van der Waals surface area contributed by atoms with Gasteiger partial charge in [0.15, 0.2) is 0 Å². The Hall–Kier alpha value is -2.04. The minimum absolute atomic E-state index is 0.0386. The zero-order chi connectivity index (χ0) is 15.0. The van der Waals surface area contributed by atoms with Crippen molar-refractivity contribution in [3.63, 3.8) is 0 Å². The molecule has 2 aliphatic rings. The van der Waals surface area contributed by atoms with Gasteiger partial charge in [0.2, 0.25) is 5.91 Å². The van der Waals surface area contributed by atoms with Crippen molar-refractivity contribution >= 4 is 23.2 Å². The van der Waals surface area contributed by atoms with E-state index >= 15 is 0 Å². The van der Waals surface area contributed by atoms with E-state index in [1.807, 2.05) is 30.9 Å². The Labute approximate surface area is 124 Å². The summed E-state index contributed by atoms with van der Waals surface area (Å²) < 4.78 is 0. The van der Waals surface area contributed by atoms with Crippen molar-refractivity contribution in [3.05, 3.63) is 23.8 Å². The highest BCUT2D eigenvalue weighted by Crippen LogP contribution is 2.30. The lowest BCUT2D eigenvalue weighted by Crippen LogP contribution is -2.42. The van der Waals surface area contributed by atoms with Gasteiger partial charge in [0.1, 0.15) is 6.04 Å². The normalized spacial score (nSPS) is 21.0. The Balaban J connectivity index is 1.84. The van der Waals surface area contributed by atoms with Gasteiger partial charge in [0.25, 0.3) is 5.91 Å². The molecule has 1 saturated heterocycles. The highest BCUT2D eigenvalue weighted by Gasteiger charge is 2.29. The van der Waals surface area contributed by atoms with E-state index in [4.69, 9.17) is 0 Å². The fourth-order valence-corrected chi connectivity index (χ4v) is 2.92. The Kier molecular flexibility index (Phi) is 3.57. The van der Waals surface area contributed by atoms with Crippen LogP contribution in [0, 0.1) is 5.92 Å². The molecule has 2 amide bonds. The summed E-state index contributed by atoms with van der Waals surface area (Å²) in [4.78, 5) is 26.3. The quantitative estimate of drug-likeness (QED) is 0.877. The number of carbonyl (C=O) groups excluding carboxylic acids is 2. The van der Waals surface area contributed by atoms with E-state index in [-0.39, 0.29) is 23.8 Å². The molecule has 1 fully saturated rings. The van der Waals surface area contributed by atoms with Crippen LogP contribution in [0.15, 0.2) is 18.2 Å². The van der Waals surface area contributed by atoms with Crippen molar-refractivity contribution in [1.82, 2.24) is 4.90 Å². The molecule has 0 aromatic heterocycles. The fraction of sp³-hybridized carbons (Fsp3) is 0.500. The van der Waals surface area contributed by atoms with Crippen molar-refractivity contribution in [3.8, 4) is 0 Å². The number of hydrogen-bond acceptors (Lipinski definition) is 3. The second-order valence-electron chi connectivity index (χ2n) is 6.11. The SMILES string of the molecule is CC(C)C1Nc2ccc(C(=O)N3CCCC3)cc2NC1=O. The topological polar surface area (TPSA) is 61.4 Å². The number of amides is 2. The first-order chi connectivity index (χ1) is 10.1. The zero-order valence-electron chi connectivity index (χ0n) is 12.5. The van der Waals surface area contributed by atoms with Gasteiger partial charge in [-0.1, -0.05) is 13.8 Å². The van der Waals surface area contributed by atoms with Crippen LogP contribution >= 0.6 is 0 Å². The molecule has 5 heteroatoms. The molecule has 3 rings (SSSR count). The third kappa shape index (κ3) is 2.60. The predicted octanol–water partition coefficient (Wildman–Crippen LogP) is 2.31. The molecule has 21 heavy (non-hydrogen) atoms. The van der Waals surface area contributed by atoms with Crippen molar-refractivity contribution < 1.29 is 9.59 Å². The van der Waals surface area contributed by atoms with E-state index in [0.717, 1.165) is 31.6 Å². The second-order valence-corrected chi connectivity index (χ2v) is 6.11. The first kappa shape index (κ1) is 13.9. The van der Waals surface area contributed by atoms with Gasteiger partial charge in [0, 0.05) is 18.7 Å². The molecule has 0 aliphatic carbocycles. The van der Waals surface area contributed by atoms with Crippen molar-refractivity contribution in [2.45, 2.75) is 32.7 Å². The van der Waals surface area contributed by atoms with Crippen LogP contribution in [0.4, 0.5) is 11.4 Å². The number of nitrogens with zero attached hydrogens (tertiary/aromatic N) is 1. The highest BCUT2D eigenvalue weighted by molar-refractivity contribution is 6.05. The van der Waals surface area contributed by atoms with Gasteiger partial charge in [-0.05, 0) is 37.0 Å². The third-order valence-corrected chi connectivity index (χ3v) is 4.18. The molecule has 1 atom stereocenters. The lowest BCUT2D eigenvalue weighted by molar-refractivity contribution is -0.117. The molecule has 1 unspecified atom stereocenters. The molecular formula is C16H21N3O2. The van der Waals surface area contributed by atoms with Crippen LogP contribution in [0.25, 0.3) is 0 Å². The van der Waals surface area contributed by atoms with Crippen molar-refractivity contribution in [1.29, 1.82) is 0 Å². The molecule has 5 nitrogen and oxygen atoms in total. The molecule has 2 heterocycles. The monoisotopic (exact) mass is 287 g/mol. The van der Waals surface area contributed by atoms with Crippen molar-refractivity contribution in [2.24, 2.45) is 5.92 Å². The number of anilines is 2. The largest absolute Gasteiger partial charge is 0.372 e. The molecule has 0 radical (unpaired) electrons. The lowest BCUT2D eigenvalue weighted by Gasteiger charge is -2.29. The standard InChI is InChI=1S/C16H21N3O2/c1-10(2)14-15(20)18-13-9-11(5-6-12(13)17-14)16(21)19-7-3-4-8-19/h5-6,9-10,14,17H,3-4,7-8H2,1-2H3,(H,18,20). The van der Waals surface area contributed by atoms with Crippen LogP contribution in [0.5, 0.6) is 0 Å². The number of hydrogen-bond donors (Lipinski definition) is 2. The van der Waals surface area contributed by atoms with Crippen LogP contribution in [-0.4, -0.2) is 35.8 Å². The van der Waals surface area contributed by atoms with Crippen LogP contribution in [0.1, 0.15) is 37.0 Å². The minimum atomic E-state index is -0.224. The maximum absolute atomic E-state index is 12.4. The number of fused-ring (bicyclic) bond motifs is 1. The first-order valence-corrected chi connectivity index (χ1v) is 7.57. The summed E-state index contributed by atoms with van der Waals surface area (Å²) in [6.07, 6.45) is 2.15. The Morgan fingerprint density at radius 3 is 2.62 bits per heavy atom. The number of benzene rings is 1. The van der Waals surface area contributed by atoms with E-state index in [9.17, 15) is 9.59 Å². The summed E-state index contributed by atoms with van der Waals surface area (Å²) in [5, 5.41) is 6.15. The van der Waals surface area contributed by atoms with Crippen LogP contribution in [0.3, 0.4) is 0 Å². The number of carbonyl (C=O) groups is 2. The maximum atomic E-state index is 12.4. The molecule has 0 spiro atoms. The minimum Gasteiger partial charge on any atom is -0.372 e. The van der Waals surface area contributed by atoms with E-state index in [1.165, 1.54) is 0 Å². The molecule has 0 saturated carbocycles. The summed E-state index contributed by atoms with van der Waals surface area (Å²) >= 11 is 0. The highest BCUT2D eigenvalue weighted by atomic mass is 16.2. The van der Waals surface area contributed by atoms with Gasteiger partial charge in [-0.15, -0.1) is 0 Å². The molecule has 1 aromatic carbocycles. The van der Waals surface area contributed by atoms with Crippen LogP contribution < -0.4 is 10.6 Å². The number of nitrogens with one attached hydrogen (secondary N) is 2. The van der Waals surface area contributed by atoms with E-state index in [2.05, 4.69) is 10.6 Å². The average Bonchev–Trinajstić information content (AvgIpc) is 2.99. The van der Waals surface area contributed by atoms with E-state index in [1.54, 1.807) is 6.07 Å². The van der Waals surface area contributed by atoms with Gasteiger partial charge in [-0.25, -0.2) is 0 Å². The summed E-state index contributed by atoms with van der Waals surface area (Å²) in [5.74, 6) is 0.225. The number of likely N-dealkylation sites (tertiary alicyclic amines) is 1. The average molecular weight is 287 g/mol. The molecule has 112 valence electrons. The van der Waals surface area contributed by atoms with Gasteiger partial charge < -0.3 is 15.5 Å². The smallest absolute Gasteiger partial charge is 0.253 e.